The van der Waals surface area contributed by atoms with Crippen LogP contribution < -0.4 is 10.1 Å². The SMILES string of the molecule is FCCOc1cccc2c1NCCC2. The van der Waals surface area contributed by atoms with E-state index in [0.29, 0.717) is 0 Å². The van der Waals surface area contributed by atoms with Gasteiger partial charge >= 0.3 is 0 Å². The molecule has 1 N–H and O–H groups in total. The minimum atomic E-state index is -0.441. The molecule has 0 fully saturated rings. The molecule has 0 unspecified atom stereocenters. The first-order chi connectivity index (χ1) is 6.92. The summed E-state index contributed by atoms with van der Waals surface area (Å²) in [5.41, 5.74) is 2.32. The van der Waals surface area contributed by atoms with Crippen molar-refractivity contribution in [1.29, 1.82) is 0 Å². The normalized spacial score (nSPS) is 14.4. The predicted octanol–water partition coefficient (Wildman–Crippen LogP) is 2.39. The Bertz CT molecular complexity index is 314. The summed E-state index contributed by atoms with van der Waals surface area (Å²) in [6.07, 6.45) is 2.23. The number of alkyl halides is 1. The van der Waals surface area contributed by atoms with Crippen molar-refractivity contribution in [3.05, 3.63) is 23.8 Å². The lowest BCUT2D eigenvalue weighted by Crippen LogP contribution is -2.13. The number of aryl methyl sites for hydroxylation is 1. The van der Waals surface area contributed by atoms with Crippen LogP contribution in [0, 0.1) is 0 Å². The average molecular weight is 195 g/mol. The highest BCUT2D eigenvalue weighted by Gasteiger charge is 2.12. The van der Waals surface area contributed by atoms with Crippen LogP contribution in [-0.2, 0) is 6.42 Å². The van der Waals surface area contributed by atoms with Crippen LogP contribution in [0.2, 0.25) is 0 Å². The second kappa shape index (κ2) is 4.31. The molecular formula is C11H14FNO. The molecule has 1 aliphatic rings. The molecule has 0 radical (unpaired) electrons. The maximum absolute atomic E-state index is 12.0. The molecule has 2 rings (SSSR count). The van der Waals surface area contributed by atoms with Crippen molar-refractivity contribution < 1.29 is 9.13 Å². The van der Waals surface area contributed by atoms with E-state index >= 15 is 0 Å². The lowest BCUT2D eigenvalue weighted by Gasteiger charge is -2.20. The molecule has 0 amide bonds. The minimum absolute atomic E-state index is 0.137. The number of hydrogen-bond acceptors (Lipinski definition) is 2. The van der Waals surface area contributed by atoms with Crippen molar-refractivity contribution in [3.63, 3.8) is 0 Å². The summed E-state index contributed by atoms with van der Waals surface area (Å²) >= 11 is 0. The van der Waals surface area contributed by atoms with Crippen LogP contribution in [0.5, 0.6) is 5.75 Å². The van der Waals surface area contributed by atoms with Crippen molar-refractivity contribution in [2.75, 3.05) is 25.1 Å². The van der Waals surface area contributed by atoms with E-state index in [-0.39, 0.29) is 6.61 Å². The third-order valence-electron chi connectivity index (χ3n) is 2.37. The molecule has 1 aliphatic heterocycles. The largest absolute Gasteiger partial charge is 0.489 e. The Kier molecular flexibility index (Phi) is 2.87. The van der Waals surface area contributed by atoms with Crippen molar-refractivity contribution in [2.24, 2.45) is 0 Å². The van der Waals surface area contributed by atoms with Crippen LogP contribution in [0.3, 0.4) is 0 Å². The monoisotopic (exact) mass is 195 g/mol. The van der Waals surface area contributed by atoms with E-state index in [1.165, 1.54) is 5.56 Å². The second-order valence-electron chi connectivity index (χ2n) is 3.36. The molecule has 1 heterocycles. The summed E-state index contributed by atoms with van der Waals surface area (Å²) in [6, 6.07) is 5.93. The number of anilines is 1. The van der Waals surface area contributed by atoms with E-state index in [1.807, 2.05) is 12.1 Å². The highest BCUT2D eigenvalue weighted by molar-refractivity contribution is 5.63. The Morgan fingerprint density at radius 1 is 1.43 bits per heavy atom. The zero-order valence-corrected chi connectivity index (χ0v) is 8.05. The number of hydrogen-bond donors (Lipinski definition) is 1. The van der Waals surface area contributed by atoms with Crippen molar-refractivity contribution in [2.45, 2.75) is 12.8 Å². The van der Waals surface area contributed by atoms with E-state index in [9.17, 15) is 4.39 Å². The van der Waals surface area contributed by atoms with Crippen molar-refractivity contribution in [3.8, 4) is 5.75 Å². The molecule has 0 aromatic heterocycles. The zero-order valence-electron chi connectivity index (χ0n) is 8.05. The summed E-state index contributed by atoms with van der Waals surface area (Å²) in [4.78, 5) is 0. The summed E-state index contributed by atoms with van der Waals surface area (Å²) in [7, 11) is 0. The number of para-hydroxylation sites is 1. The van der Waals surface area contributed by atoms with Gasteiger partial charge in [0.15, 0.2) is 0 Å². The molecule has 0 saturated heterocycles. The van der Waals surface area contributed by atoms with Crippen LogP contribution in [0.4, 0.5) is 10.1 Å². The number of ether oxygens (including phenoxy) is 1. The molecule has 0 bridgehead atoms. The summed E-state index contributed by atoms with van der Waals surface area (Å²) < 4.78 is 17.3. The molecule has 2 nitrogen and oxygen atoms in total. The average Bonchev–Trinajstić information content (AvgIpc) is 2.26. The zero-order chi connectivity index (χ0) is 9.80. The second-order valence-corrected chi connectivity index (χ2v) is 3.36. The highest BCUT2D eigenvalue weighted by Crippen LogP contribution is 2.31. The smallest absolute Gasteiger partial charge is 0.142 e. The van der Waals surface area contributed by atoms with Crippen LogP contribution >= 0.6 is 0 Å². The Labute approximate surface area is 83.1 Å². The minimum Gasteiger partial charge on any atom is -0.489 e. The van der Waals surface area contributed by atoms with Crippen LogP contribution in [0.15, 0.2) is 18.2 Å². The fraction of sp³-hybridized carbons (Fsp3) is 0.455. The molecule has 14 heavy (non-hydrogen) atoms. The maximum Gasteiger partial charge on any atom is 0.142 e. The molecule has 3 heteroatoms. The fourth-order valence-electron chi connectivity index (χ4n) is 1.75. The van der Waals surface area contributed by atoms with Gasteiger partial charge in [0.25, 0.3) is 0 Å². The van der Waals surface area contributed by atoms with Gasteiger partial charge in [-0.25, -0.2) is 4.39 Å². The third-order valence-corrected chi connectivity index (χ3v) is 2.37. The summed E-state index contributed by atoms with van der Waals surface area (Å²) in [5, 5.41) is 3.29. The Morgan fingerprint density at radius 3 is 3.21 bits per heavy atom. The molecule has 0 saturated carbocycles. The number of halogens is 1. The maximum atomic E-state index is 12.0. The Balaban J connectivity index is 2.21. The summed E-state index contributed by atoms with van der Waals surface area (Å²) in [5.74, 6) is 0.778. The Hall–Kier alpha value is -1.25. The molecule has 0 atom stereocenters. The molecular weight excluding hydrogens is 181 g/mol. The van der Waals surface area contributed by atoms with Crippen LogP contribution in [0.25, 0.3) is 0 Å². The van der Waals surface area contributed by atoms with Gasteiger partial charge in [-0.05, 0) is 24.5 Å². The molecule has 0 aliphatic carbocycles. The van der Waals surface area contributed by atoms with Gasteiger partial charge in [0, 0.05) is 6.54 Å². The predicted molar refractivity (Wildman–Crippen MR) is 54.7 cm³/mol. The summed E-state index contributed by atoms with van der Waals surface area (Å²) in [6.45, 7) is 0.671. The van der Waals surface area contributed by atoms with E-state index in [2.05, 4.69) is 11.4 Å². The van der Waals surface area contributed by atoms with Gasteiger partial charge in [-0.1, -0.05) is 12.1 Å². The van der Waals surface area contributed by atoms with E-state index in [1.54, 1.807) is 0 Å². The molecule has 1 aromatic rings. The van der Waals surface area contributed by atoms with Crippen molar-refractivity contribution >= 4 is 5.69 Å². The van der Waals surface area contributed by atoms with Gasteiger partial charge in [-0.3, -0.25) is 0 Å². The first kappa shape index (κ1) is 9.31. The number of rotatable bonds is 3. The van der Waals surface area contributed by atoms with Gasteiger partial charge < -0.3 is 10.1 Å². The highest BCUT2D eigenvalue weighted by atomic mass is 19.1. The first-order valence-corrected chi connectivity index (χ1v) is 4.96. The molecule has 1 aromatic carbocycles. The quantitative estimate of drug-likeness (QED) is 0.799. The number of nitrogens with one attached hydrogen (secondary N) is 1. The third kappa shape index (κ3) is 1.81. The lowest BCUT2D eigenvalue weighted by atomic mass is 10.0. The first-order valence-electron chi connectivity index (χ1n) is 4.96. The van der Waals surface area contributed by atoms with Crippen LogP contribution in [0.1, 0.15) is 12.0 Å². The van der Waals surface area contributed by atoms with E-state index < -0.39 is 6.67 Å². The van der Waals surface area contributed by atoms with Crippen molar-refractivity contribution in [1.82, 2.24) is 0 Å². The standard InChI is InChI=1S/C11H14FNO/c12-6-8-14-10-5-1-3-9-4-2-7-13-11(9)10/h1,3,5,13H,2,4,6-8H2. The lowest BCUT2D eigenvalue weighted by molar-refractivity contribution is 0.274. The van der Waals surface area contributed by atoms with Gasteiger partial charge in [-0.15, -0.1) is 0 Å². The fourth-order valence-corrected chi connectivity index (χ4v) is 1.75. The number of benzene rings is 1. The van der Waals surface area contributed by atoms with Crippen LogP contribution in [-0.4, -0.2) is 19.8 Å². The van der Waals surface area contributed by atoms with Gasteiger partial charge in [0.1, 0.15) is 19.0 Å². The molecule has 0 spiro atoms. The van der Waals surface area contributed by atoms with Gasteiger partial charge in [0.05, 0.1) is 5.69 Å². The number of fused-ring (bicyclic) bond motifs is 1. The topological polar surface area (TPSA) is 21.3 Å². The van der Waals surface area contributed by atoms with Gasteiger partial charge in [-0.2, -0.15) is 0 Å². The molecule has 76 valence electrons. The van der Waals surface area contributed by atoms with E-state index in [0.717, 1.165) is 30.8 Å². The van der Waals surface area contributed by atoms with Gasteiger partial charge in [0.2, 0.25) is 0 Å². The van der Waals surface area contributed by atoms with E-state index in [4.69, 9.17) is 4.74 Å². The Morgan fingerprint density at radius 2 is 2.36 bits per heavy atom.